The van der Waals surface area contributed by atoms with Crippen molar-refractivity contribution >= 4 is 15.8 Å². The highest BCUT2D eigenvalue weighted by molar-refractivity contribution is 7.90. The second kappa shape index (κ2) is 4.88. The lowest BCUT2D eigenvalue weighted by Crippen LogP contribution is -2.11. The number of carboxylic acid groups (broad SMARTS) is 1. The summed E-state index contributed by atoms with van der Waals surface area (Å²) in [4.78, 5) is 10.7. The van der Waals surface area contributed by atoms with E-state index in [1.807, 2.05) is 0 Å². The first-order valence-corrected chi connectivity index (χ1v) is 7.43. The van der Waals surface area contributed by atoms with Gasteiger partial charge in [-0.05, 0) is 6.07 Å². The molecule has 2 rings (SSSR count). The van der Waals surface area contributed by atoms with E-state index in [1.54, 1.807) is 6.20 Å². The van der Waals surface area contributed by atoms with Crippen LogP contribution in [0.5, 0.6) is 0 Å². The summed E-state index contributed by atoms with van der Waals surface area (Å²) < 4.78 is 28.7. The van der Waals surface area contributed by atoms with Gasteiger partial charge in [-0.3, -0.25) is 4.68 Å². The van der Waals surface area contributed by atoms with E-state index in [0.29, 0.717) is 11.3 Å². The minimum absolute atomic E-state index is 0.00729. The first-order chi connectivity index (χ1) is 8.85. The number of aromatic nitrogens is 2. The van der Waals surface area contributed by atoms with Gasteiger partial charge in [0.1, 0.15) is 21.9 Å². The van der Waals surface area contributed by atoms with Crippen molar-refractivity contribution in [3.05, 3.63) is 30.3 Å². The summed E-state index contributed by atoms with van der Waals surface area (Å²) in [7, 11) is -3.05. The number of furan rings is 1. The molecule has 8 heteroatoms. The monoisotopic (exact) mass is 284 g/mol. The highest BCUT2D eigenvalue weighted by atomic mass is 32.2. The van der Waals surface area contributed by atoms with Gasteiger partial charge < -0.3 is 9.52 Å². The number of carboxylic acids is 1. The van der Waals surface area contributed by atoms with Gasteiger partial charge >= 0.3 is 5.97 Å². The van der Waals surface area contributed by atoms with Crippen molar-refractivity contribution < 1.29 is 22.7 Å². The third-order valence-corrected chi connectivity index (χ3v) is 3.38. The number of carbonyl (C=O) groups is 1. The Bertz CT molecular complexity index is 698. The Morgan fingerprint density at radius 3 is 2.84 bits per heavy atom. The number of aryl methyl sites for hydroxylation is 1. The zero-order valence-electron chi connectivity index (χ0n) is 10.1. The fourth-order valence-corrected chi connectivity index (χ4v) is 1.99. The molecule has 0 aliphatic heterocycles. The van der Waals surface area contributed by atoms with Gasteiger partial charge in [-0.25, -0.2) is 13.2 Å². The summed E-state index contributed by atoms with van der Waals surface area (Å²) in [5.41, 5.74) is 0.653. The fourth-order valence-electron chi connectivity index (χ4n) is 1.47. The average molecular weight is 284 g/mol. The van der Waals surface area contributed by atoms with Crippen LogP contribution in [0.3, 0.4) is 0 Å². The van der Waals surface area contributed by atoms with E-state index in [1.165, 1.54) is 16.9 Å². The Morgan fingerprint density at radius 2 is 2.26 bits per heavy atom. The number of rotatable bonds is 5. The molecule has 19 heavy (non-hydrogen) atoms. The van der Waals surface area contributed by atoms with Crippen molar-refractivity contribution in [3.63, 3.8) is 0 Å². The van der Waals surface area contributed by atoms with Crippen LogP contribution in [0.25, 0.3) is 11.3 Å². The van der Waals surface area contributed by atoms with E-state index in [9.17, 15) is 13.2 Å². The third-order valence-electron chi connectivity index (χ3n) is 2.46. The smallest absolute Gasteiger partial charge is 0.338 e. The molecule has 0 aliphatic rings. The molecule has 7 nitrogen and oxygen atoms in total. The molecule has 0 unspecified atom stereocenters. The summed E-state index contributed by atoms with van der Waals surface area (Å²) >= 11 is 0. The molecule has 0 saturated heterocycles. The molecule has 0 amide bonds. The average Bonchev–Trinajstić information content (AvgIpc) is 2.94. The van der Waals surface area contributed by atoms with Crippen LogP contribution in [0, 0.1) is 0 Å². The van der Waals surface area contributed by atoms with Gasteiger partial charge in [0.05, 0.1) is 29.6 Å². The van der Waals surface area contributed by atoms with Crippen LogP contribution in [0.4, 0.5) is 0 Å². The normalized spacial score (nSPS) is 11.6. The highest BCUT2D eigenvalue weighted by Crippen LogP contribution is 2.21. The number of hydrogen-bond acceptors (Lipinski definition) is 5. The Balaban J connectivity index is 2.14. The van der Waals surface area contributed by atoms with Gasteiger partial charge in [0, 0.05) is 12.5 Å². The lowest BCUT2D eigenvalue weighted by molar-refractivity contribution is 0.0696. The second-order valence-corrected chi connectivity index (χ2v) is 6.39. The Hall–Kier alpha value is -2.09. The molecular formula is C11H12N2O5S. The van der Waals surface area contributed by atoms with Crippen molar-refractivity contribution in [1.82, 2.24) is 9.78 Å². The van der Waals surface area contributed by atoms with Crippen LogP contribution in [-0.4, -0.2) is 41.3 Å². The van der Waals surface area contributed by atoms with Crippen LogP contribution in [0.2, 0.25) is 0 Å². The maximum Gasteiger partial charge on any atom is 0.338 e. The summed E-state index contributed by atoms with van der Waals surface area (Å²) in [5, 5.41) is 12.8. The molecule has 0 atom stereocenters. The number of sulfone groups is 1. The SMILES string of the molecule is CS(=O)(=O)CCn1cc(-c2cc(C(=O)O)co2)cn1. The van der Waals surface area contributed by atoms with Gasteiger partial charge in [-0.2, -0.15) is 5.10 Å². The largest absolute Gasteiger partial charge is 0.478 e. The number of hydrogen-bond donors (Lipinski definition) is 1. The van der Waals surface area contributed by atoms with E-state index in [4.69, 9.17) is 9.52 Å². The summed E-state index contributed by atoms with van der Waals surface area (Å²) in [6.07, 6.45) is 5.40. The molecule has 2 heterocycles. The molecule has 0 aliphatic carbocycles. The van der Waals surface area contributed by atoms with Crippen molar-refractivity contribution in [3.8, 4) is 11.3 Å². The summed E-state index contributed by atoms with van der Waals surface area (Å²) in [6, 6.07) is 1.39. The van der Waals surface area contributed by atoms with Crippen molar-refractivity contribution in [2.24, 2.45) is 0 Å². The lowest BCUT2D eigenvalue weighted by Gasteiger charge is -1.98. The van der Waals surface area contributed by atoms with Gasteiger partial charge in [-0.15, -0.1) is 0 Å². The van der Waals surface area contributed by atoms with Gasteiger partial charge in [0.2, 0.25) is 0 Å². The highest BCUT2D eigenvalue weighted by Gasteiger charge is 2.12. The van der Waals surface area contributed by atoms with Crippen LogP contribution in [0.15, 0.2) is 29.1 Å². The quantitative estimate of drug-likeness (QED) is 0.874. The summed E-state index contributed by atoms with van der Waals surface area (Å²) in [5.74, 6) is -0.699. The molecule has 0 radical (unpaired) electrons. The first kappa shape index (κ1) is 13.3. The second-order valence-electron chi connectivity index (χ2n) is 4.13. The standard InChI is InChI=1S/C11H12N2O5S/c1-19(16,17)3-2-13-6-9(5-12-13)10-4-8(7-18-10)11(14)15/h4-7H,2-3H2,1H3,(H,14,15). The molecule has 0 fully saturated rings. The Kier molecular flexibility index (Phi) is 3.43. The van der Waals surface area contributed by atoms with Gasteiger partial charge in [0.25, 0.3) is 0 Å². The van der Waals surface area contributed by atoms with E-state index in [-0.39, 0.29) is 17.9 Å². The first-order valence-electron chi connectivity index (χ1n) is 5.37. The predicted octanol–water partition coefficient (Wildman–Crippen LogP) is 0.886. The fraction of sp³-hybridized carbons (Fsp3) is 0.273. The molecule has 0 spiro atoms. The van der Waals surface area contributed by atoms with Crippen LogP contribution < -0.4 is 0 Å². The van der Waals surface area contributed by atoms with E-state index < -0.39 is 15.8 Å². The van der Waals surface area contributed by atoms with Gasteiger partial charge in [-0.1, -0.05) is 0 Å². The third kappa shape index (κ3) is 3.44. The zero-order chi connectivity index (χ0) is 14.0. The topological polar surface area (TPSA) is 102 Å². The maximum absolute atomic E-state index is 11.0. The van der Waals surface area contributed by atoms with Gasteiger partial charge in [0.15, 0.2) is 0 Å². The molecule has 2 aromatic rings. The van der Waals surface area contributed by atoms with Crippen molar-refractivity contribution in [1.29, 1.82) is 0 Å². The molecule has 2 aromatic heterocycles. The van der Waals surface area contributed by atoms with E-state index >= 15 is 0 Å². The molecule has 102 valence electrons. The van der Waals surface area contributed by atoms with Crippen LogP contribution in [0.1, 0.15) is 10.4 Å². The van der Waals surface area contributed by atoms with E-state index in [0.717, 1.165) is 12.5 Å². The minimum atomic E-state index is -3.05. The molecule has 0 aromatic carbocycles. The van der Waals surface area contributed by atoms with Crippen molar-refractivity contribution in [2.45, 2.75) is 6.54 Å². The molecular weight excluding hydrogens is 272 g/mol. The number of aromatic carboxylic acids is 1. The van der Waals surface area contributed by atoms with Crippen LogP contribution in [-0.2, 0) is 16.4 Å². The predicted molar refractivity (Wildman–Crippen MR) is 66.6 cm³/mol. The zero-order valence-corrected chi connectivity index (χ0v) is 10.9. The lowest BCUT2D eigenvalue weighted by atomic mass is 10.2. The molecule has 0 bridgehead atoms. The minimum Gasteiger partial charge on any atom is -0.478 e. The Morgan fingerprint density at radius 1 is 1.53 bits per heavy atom. The van der Waals surface area contributed by atoms with Crippen LogP contribution >= 0.6 is 0 Å². The number of nitrogens with zero attached hydrogens (tertiary/aromatic N) is 2. The Labute approximate surface area is 109 Å². The van der Waals surface area contributed by atoms with E-state index in [2.05, 4.69) is 5.10 Å². The molecule has 1 N–H and O–H groups in total. The summed E-state index contributed by atoms with van der Waals surface area (Å²) in [6.45, 7) is 0.241. The molecule has 0 saturated carbocycles. The maximum atomic E-state index is 11.0. The van der Waals surface area contributed by atoms with Crippen molar-refractivity contribution in [2.75, 3.05) is 12.0 Å².